The van der Waals surface area contributed by atoms with Crippen LogP contribution in [0.15, 0.2) is 0 Å². The molecule has 0 spiro atoms. The van der Waals surface area contributed by atoms with Crippen molar-refractivity contribution in [3.63, 3.8) is 0 Å². The van der Waals surface area contributed by atoms with Crippen LogP contribution in [-0.2, 0) is 0 Å². The van der Waals surface area contributed by atoms with E-state index in [1.807, 2.05) is 0 Å². The van der Waals surface area contributed by atoms with Crippen molar-refractivity contribution in [3.05, 3.63) is 0 Å². The highest BCUT2D eigenvalue weighted by molar-refractivity contribution is 4.83. The van der Waals surface area contributed by atoms with Crippen molar-refractivity contribution < 1.29 is 5.11 Å². The number of piperidine rings is 1. The second kappa shape index (κ2) is 4.83. The molecule has 1 aliphatic rings. The Balaban J connectivity index is 2.41. The molecule has 2 N–H and O–H groups in total. The second-order valence-electron chi connectivity index (χ2n) is 3.87. The fourth-order valence-corrected chi connectivity index (χ4v) is 2.11. The highest BCUT2D eigenvalue weighted by Crippen LogP contribution is 2.23. The zero-order valence-electron chi connectivity index (χ0n) is 8.21. The van der Waals surface area contributed by atoms with Crippen LogP contribution in [-0.4, -0.2) is 24.3 Å². The van der Waals surface area contributed by atoms with Crippen LogP contribution >= 0.6 is 0 Å². The van der Waals surface area contributed by atoms with Gasteiger partial charge in [-0.05, 0) is 24.7 Å². The van der Waals surface area contributed by atoms with Crippen molar-refractivity contribution in [1.29, 1.82) is 0 Å². The maximum Gasteiger partial charge on any atom is 0.0620 e. The van der Waals surface area contributed by atoms with E-state index in [1.165, 1.54) is 6.42 Å². The van der Waals surface area contributed by atoms with Crippen LogP contribution in [0.2, 0.25) is 0 Å². The quantitative estimate of drug-likeness (QED) is 0.672. The third kappa shape index (κ3) is 2.20. The van der Waals surface area contributed by atoms with Gasteiger partial charge >= 0.3 is 0 Å². The summed E-state index contributed by atoms with van der Waals surface area (Å²) in [6.07, 6.45) is 3.37. The first-order valence-corrected chi connectivity index (χ1v) is 5.18. The molecule has 2 heteroatoms. The minimum Gasteiger partial charge on any atom is -0.392 e. The summed E-state index contributed by atoms with van der Waals surface area (Å²) in [5.41, 5.74) is 0. The van der Waals surface area contributed by atoms with E-state index < -0.39 is 0 Å². The Morgan fingerprint density at radius 1 is 1.25 bits per heavy atom. The maximum absolute atomic E-state index is 9.92. The third-order valence-corrected chi connectivity index (χ3v) is 2.96. The van der Waals surface area contributed by atoms with E-state index in [1.54, 1.807) is 0 Å². The predicted molar refractivity (Wildman–Crippen MR) is 51.1 cm³/mol. The lowest BCUT2D eigenvalue weighted by atomic mass is 9.83. The highest BCUT2D eigenvalue weighted by atomic mass is 16.3. The van der Waals surface area contributed by atoms with Crippen molar-refractivity contribution in [2.24, 2.45) is 11.8 Å². The van der Waals surface area contributed by atoms with Crippen molar-refractivity contribution in [2.75, 3.05) is 13.1 Å². The molecule has 0 radical (unpaired) electrons. The molecule has 12 heavy (non-hydrogen) atoms. The molecule has 0 aromatic carbocycles. The van der Waals surface area contributed by atoms with E-state index in [0.29, 0.717) is 11.8 Å². The Morgan fingerprint density at radius 2 is 1.92 bits per heavy atom. The summed E-state index contributed by atoms with van der Waals surface area (Å²) in [7, 11) is 0. The van der Waals surface area contributed by atoms with Crippen LogP contribution in [0.1, 0.15) is 33.1 Å². The van der Waals surface area contributed by atoms with Gasteiger partial charge in [-0.15, -0.1) is 0 Å². The molecule has 0 saturated carbocycles. The van der Waals surface area contributed by atoms with E-state index in [9.17, 15) is 5.11 Å². The minimum atomic E-state index is -0.0591. The Hall–Kier alpha value is -0.0800. The lowest BCUT2D eigenvalue weighted by Crippen LogP contribution is -2.46. The average molecular weight is 171 g/mol. The predicted octanol–water partition coefficient (Wildman–Crippen LogP) is 1.39. The standard InChI is InChI=1S/C10H21NO/c1-3-5-9-7-11-6-8(4-2)10(9)12/h8-12H,3-7H2,1-2H3. The molecule has 2 nitrogen and oxygen atoms in total. The molecule has 0 bridgehead atoms. The van der Waals surface area contributed by atoms with Crippen LogP contribution in [0.25, 0.3) is 0 Å². The molecule has 0 aromatic rings. The lowest BCUT2D eigenvalue weighted by Gasteiger charge is -2.34. The molecule has 1 heterocycles. The van der Waals surface area contributed by atoms with Gasteiger partial charge < -0.3 is 10.4 Å². The first kappa shape index (κ1) is 10.0. The van der Waals surface area contributed by atoms with E-state index in [0.717, 1.165) is 25.9 Å². The Kier molecular flexibility index (Phi) is 4.02. The molecule has 3 atom stereocenters. The van der Waals surface area contributed by atoms with Gasteiger partial charge in [0, 0.05) is 13.1 Å². The average Bonchev–Trinajstić information content (AvgIpc) is 2.09. The molecule has 1 aliphatic heterocycles. The second-order valence-corrected chi connectivity index (χ2v) is 3.87. The van der Waals surface area contributed by atoms with Gasteiger partial charge in [0.1, 0.15) is 0 Å². The number of aliphatic hydroxyl groups is 1. The largest absolute Gasteiger partial charge is 0.392 e. The molecule has 1 saturated heterocycles. The normalized spacial score (nSPS) is 36.8. The molecule has 1 fully saturated rings. The van der Waals surface area contributed by atoms with Gasteiger partial charge in [0.15, 0.2) is 0 Å². The molecule has 0 amide bonds. The summed E-state index contributed by atoms with van der Waals surface area (Å²) >= 11 is 0. The zero-order valence-corrected chi connectivity index (χ0v) is 8.21. The molecular formula is C10H21NO. The highest BCUT2D eigenvalue weighted by Gasteiger charge is 2.29. The van der Waals surface area contributed by atoms with Crippen LogP contribution in [0.3, 0.4) is 0 Å². The topological polar surface area (TPSA) is 32.3 Å². The van der Waals surface area contributed by atoms with Crippen molar-refractivity contribution in [2.45, 2.75) is 39.2 Å². The van der Waals surface area contributed by atoms with Crippen LogP contribution in [0.4, 0.5) is 0 Å². The van der Waals surface area contributed by atoms with Gasteiger partial charge in [-0.2, -0.15) is 0 Å². The van der Waals surface area contributed by atoms with Gasteiger partial charge in [-0.3, -0.25) is 0 Å². The van der Waals surface area contributed by atoms with Crippen molar-refractivity contribution in [3.8, 4) is 0 Å². The Bertz CT molecular complexity index is 125. The number of aliphatic hydroxyl groups excluding tert-OH is 1. The number of hydrogen-bond acceptors (Lipinski definition) is 2. The molecule has 0 aromatic heterocycles. The van der Waals surface area contributed by atoms with E-state index >= 15 is 0 Å². The summed E-state index contributed by atoms with van der Waals surface area (Å²) in [4.78, 5) is 0. The first-order chi connectivity index (χ1) is 5.79. The number of hydrogen-bond donors (Lipinski definition) is 2. The first-order valence-electron chi connectivity index (χ1n) is 5.18. The minimum absolute atomic E-state index is 0.0591. The van der Waals surface area contributed by atoms with Crippen LogP contribution in [0, 0.1) is 11.8 Å². The smallest absolute Gasteiger partial charge is 0.0620 e. The summed E-state index contributed by atoms with van der Waals surface area (Å²) in [5.74, 6) is 0.976. The monoisotopic (exact) mass is 171 g/mol. The van der Waals surface area contributed by atoms with E-state index in [2.05, 4.69) is 19.2 Å². The van der Waals surface area contributed by atoms with E-state index in [-0.39, 0.29) is 6.10 Å². The fraction of sp³-hybridized carbons (Fsp3) is 1.00. The third-order valence-electron chi connectivity index (χ3n) is 2.96. The van der Waals surface area contributed by atoms with Gasteiger partial charge in [-0.25, -0.2) is 0 Å². The van der Waals surface area contributed by atoms with Crippen molar-refractivity contribution in [1.82, 2.24) is 5.32 Å². The summed E-state index contributed by atoms with van der Waals surface area (Å²) < 4.78 is 0. The summed E-state index contributed by atoms with van der Waals surface area (Å²) in [6.45, 7) is 6.34. The van der Waals surface area contributed by atoms with Crippen LogP contribution < -0.4 is 5.32 Å². The summed E-state index contributed by atoms with van der Waals surface area (Å²) in [5, 5.41) is 13.3. The SMILES string of the molecule is CCCC1CNCC(CC)C1O. The van der Waals surface area contributed by atoms with Crippen molar-refractivity contribution >= 4 is 0 Å². The van der Waals surface area contributed by atoms with E-state index in [4.69, 9.17) is 0 Å². The van der Waals surface area contributed by atoms with Crippen LogP contribution in [0.5, 0.6) is 0 Å². The number of nitrogens with one attached hydrogen (secondary N) is 1. The molecule has 72 valence electrons. The number of rotatable bonds is 3. The summed E-state index contributed by atoms with van der Waals surface area (Å²) in [6, 6.07) is 0. The Morgan fingerprint density at radius 3 is 2.50 bits per heavy atom. The molecular weight excluding hydrogens is 150 g/mol. The van der Waals surface area contributed by atoms with Gasteiger partial charge in [-0.1, -0.05) is 20.3 Å². The zero-order chi connectivity index (χ0) is 8.97. The Labute approximate surface area is 75.4 Å². The molecule has 0 aliphatic carbocycles. The van der Waals surface area contributed by atoms with Gasteiger partial charge in [0.25, 0.3) is 0 Å². The maximum atomic E-state index is 9.92. The van der Waals surface area contributed by atoms with Gasteiger partial charge in [0.2, 0.25) is 0 Å². The molecule has 1 rings (SSSR count). The lowest BCUT2D eigenvalue weighted by molar-refractivity contribution is 0.0223. The fourth-order valence-electron chi connectivity index (χ4n) is 2.11. The molecule has 3 unspecified atom stereocenters. The van der Waals surface area contributed by atoms with Gasteiger partial charge in [0.05, 0.1) is 6.10 Å².